The molecule has 0 spiro atoms. The van der Waals surface area contributed by atoms with E-state index in [0.717, 1.165) is 0 Å². The molecule has 26 heavy (non-hydrogen) atoms. The van der Waals surface area contributed by atoms with Crippen molar-refractivity contribution in [3.63, 3.8) is 0 Å². The third-order valence-electron chi connectivity index (χ3n) is 0. The maximum Gasteiger partial charge on any atom is 1.00 e. The molecule has 0 atom stereocenters. The summed E-state index contributed by atoms with van der Waals surface area (Å²) in [5.41, 5.74) is 0. The minimum Gasteiger partial charge on any atom is -0.822 e. The summed E-state index contributed by atoms with van der Waals surface area (Å²) in [6, 6.07) is 0. The van der Waals surface area contributed by atoms with E-state index in [1.165, 1.54) is 0 Å². The fourth-order valence-electron chi connectivity index (χ4n) is 0. The quantitative estimate of drug-likeness (QED) is 0.212. The smallest absolute Gasteiger partial charge is 0.822 e. The minimum atomic E-state index is -5.39. The molecule has 0 aromatic heterocycles. The Balaban J connectivity index is -0.0000000152. The Morgan fingerprint density at radius 3 is 0.269 bits per heavy atom. The molecule has 0 rings (SSSR count). The van der Waals surface area contributed by atoms with E-state index < -0.39 is 31.3 Å². The van der Waals surface area contributed by atoms with Gasteiger partial charge in [-0.2, -0.15) is 31.3 Å². The van der Waals surface area contributed by atoms with E-state index in [1.807, 2.05) is 0 Å². The van der Waals surface area contributed by atoms with Crippen molar-refractivity contribution < 1.29 is 254 Å². The minimum absolute atomic E-state index is 0. The van der Waals surface area contributed by atoms with Gasteiger partial charge in [-0.25, -0.2) is 0 Å². The van der Waals surface area contributed by atoms with Crippen molar-refractivity contribution in [3.8, 4) is 0 Å². The van der Waals surface area contributed by atoms with Crippen molar-refractivity contribution in [2.75, 3.05) is 0 Å². The van der Waals surface area contributed by atoms with Crippen molar-refractivity contribution >= 4 is 31.3 Å². The molecule has 0 amide bonds. The van der Waals surface area contributed by atoms with Gasteiger partial charge in [-0.1, -0.05) is 0 Å². The average Bonchev–Trinajstić information content (AvgIpc) is 1.62. The van der Waals surface area contributed by atoms with E-state index in [2.05, 4.69) is 0 Å². The Bertz CT molecular complexity index is 299. The van der Waals surface area contributed by atoms with Crippen LogP contribution in [0.1, 0.15) is 0 Å². The molecule has 0 bridgehead atoms. The second-order valence-electron chi connectivity index (χ2n) is 1.79. The molecule has 0 aromatic carbocycles. The van der Waals surface area contributed by atoms with Crippen molar-refractivity contribution in [2.24, 2.45) is 0 Å². The monoisotopic (exact) mass is 518 g/mol. The Labute approximate surface area is 280 Å². The number of hydrogen-bond donors (Lipinski definition) is 0. The standard InChI is InChI=1S/6Na.4H3O4P/c;;;;;;4*1-5(2,3)4/h;;;;;;4*(H3,1,2,3,4)/q6*+1;;;;/p-12. The van der Waals surface area contributed by atoms with E-state index in [-0.39, 0.29) is 177 Å². The van der Waals surface area contributed by atoms with Gasteiger partial charge in [0.25, 0.3) is 0 Å². The Kier molecular flexibility index (Phi) is 77.0. The van der Waals surface area contributed by atoms with E-state index in [9.17, 15) is 0 Å². The number of rotatable bonds is 0. The molecular formula is Na6O16P4-6. The van der Waals surface area contributed by atoms with Gasteiger partial charge < -0.3 is 77.0 Å². The molecule has 0 aliphatic heterocycles. The van der Waals surface area contributed by atoms with Gasteiger partial charge in [-0.05, 0) is 0 Å². The van der Waals surface area contributed by atoms with Crippen molar-refractivity contribution in [3.05, 3.63) is 0 Å². The third kappa shape index (κ3) is 636. The van der Waals surface area contributed by atoms with E-state index >= 15 is 0 Å². The van der Waals surface area contributed by atoms with E-state index in [4.69, 9.17) is 77.0 Å². The van der Waals surface area contributed by atoms with Crippen LogP contribution < -0.4 is 236 Å². The molecule has 0 unspecified atom stereocenters. The number of hydrogen-bond acceptors (Lipinski definition) is 16. The van der Waals surface area contributed by atoms with Crippen LogP contribution in [0.5, 0.6) is 0 Å². The maximum atomic E-state index is 8.55. The van der Waals surface area contributed by atoms with Gasteiger partial charge in [0.1, 0.15) is 0 Å². The first-order valence-corrected chi connectivity index (χ1v) is 8.76. The summed E-state index contributed by atoms with van der Waals surface area (Å²) in [5.74, 6) is 0. The summed E-state index contributed by atoms with van der Waals surface area (Å²) in [6.07, 6.45) is 0. The molecule has 0 heterocycles. The second kappa shape index (κ2) is 31.4. The van der Waals surface area contributed by atoms with Gasteiger partial charge in [0.15, 0.2) is 0 Å². The first kappa shape index (κ1) is 63.7. The fourth-order valence-corrected chi connectivity index (χ4v) is 0. The summed E-state index contributed by atoms with van der Waals surface area (Å²) in [6.45, 7) is 0. The van der Waals surface area contributed by atoms with Crippen LogP contribution in [0, 0.1) is 0 Å². The SMILES string of the molecule is O=P([O-])([O-])[O-].O=P([O-])([O-])[O-].O=P([O-])([O-])[O-].O=P([O-])([O-])[O-].[Na+].[Na+].[Na+].[Na+].[Na+].[Na+]. The van der Waals surface area contributed by atoms with E-state index in [0.29, 0.717) is 0 Å². The summed E-state index contributed by atoms with van der Waals surface area (Å²) in [5, 5.41) is 0. The van der Waals surface area contributed by atoms with E-state index in [1.54, 1.807) is 0 Å². The van der Waals surface area contributed by atoms with Crippen LogP contribution in [0.4, 0.5) is 0 Å². The van der Waals surface area contributed by atoms with Gasteiger partial charge in [-0.15, -0.1) is 0 Å². The molecule has 16 nitrogen and oxygen atoms in total. The summed E-state index contributed by atoms with van der Waals surface area (Å²) in [7, 11) is -21.6. The molecule has 0 aliphatic rings. The Morgan fingerprint density at radius 2 is 0.269 bits per heavy atom. The molecule has 128 valence electrons. The predicted molar refractivity (Wildman–Crippen MR) is 30.4 cm³/mol. The molecule has 0 saturated heterocycles. The fraction of sp³-hybridized carbons (Fsp3) is 0. The van der Waals surface area contributed by atoms with Crippen molar-refractivity contribution in [1.82, 2.24) is 0 Å². The van der Waals surface area contributed by atoms with Gasteiger partial charge in [0.2, 0.25) is 0 Å². The largest absolute Gasteiger partial charge is 1.00 e. The van der Waals surface area contributed by atoms with Gasteiger partial charge in [0.05, 0.1) is 0 Å². The summed E-state index contributed by atoms with van der Waals surface area (Å²) < 4.78 is 34.2. The normalized spacial score (nSPS) is 9.08. The topological polar surface area (TPSA) is 345 Å². The average molecular weight is 518 g/mol. The molecule has 0 N–H and O–H groups in total. The Hall–Kier alpha value is 6.44. The first-order chi connectivity index (χ1) is 8.00. The van der Waals surface area contributed by atoms with Crippen molar-refractivity contribution in [2.45, 2.75) is 0 Å². The zero-order chi connectivity index (χ0) is 18.0. The summed E-state index contributed by atoms with van der Waals surface area (Å²) in [4.78, 5) is 103. The zero-order valence-electron chi connectivity index (χ0n) is 14.3. The van der Waals surface area contributed by atoms with Crippen LogP contribution in [0.25, 0.3) is 0 Å². The molecular weight excluding hydrogens is 518 g/mol. The molecule has 0 aliphatic carbocycles. The Morgan fingerprint density at radius 1 is 0.269 bits per heavy atom. The van der Waals surface area contributed by atoms with Crippen molar-refractivity contribution in [1.29, 1.82) is 0 Å². The van der Waals surface area contributed by atoms with Crippen LogP contribution in [-0.4, -0.2) is 0 Å². The molecule has 26 heteroatoms. The zero-order valence-corrected chi connectivity index (χ0v) is 29.9. The van der Waals surface area contributed by atoms with Crippen LogP contribution in [0.2, 0.25) is 0 Å². The predicted octanol–water partition coefficient (Wildman–Crippen LogP) is -29.3. The van der Waals surface area contributed by atoms with Gasteiger partial charge >= 0.3 is 177 Å². The summed E-state index contributed by atoms with van der Waals surface area (Å²) >= 11 is 0. The van der Waals surface area contributed by atoms with Crippen LogP contribution >= 0.6 is 31.3 Å². The molecule has 0 radical (unpaired) electrons. The molecule has 0 fully saturated rings. The van der Waals surface area contributed by atoms with Gasteiger partial charge in [0, 0.05) is 0 Å². The van der Waals surface area contributed by atoms with Crippen LogP contribution in [0.3, 0.4) is 0 Å². The maximum absolute atomic E-state index is 8.55. The van der Waals surface area contributed by atoms with Crippen LogP contribution in [-0.2, 0) is 18.3 Å². The number of phosphoric acid groups is 4. The molecule has 0 aromatic rings. The first-order valence-electron chi connectivity index (χ1n) is 2.92. The van der Waals surface area contributed by atoms with Crippen LogP contribution in [0.15, 0.2) is 0 Å². The second-order valence-corrected chi connectivity index (χ2v) is 5.37. The molecule has 0 saturated carbocycles. The van der Waals surface area contributed by atoms with Gasteiger partial charge in [-0.3, -0.25) is 0 Å². The third-order valence-corrected chi connectivity index (χ3v) is 0.